The summed E-state index contributed by atoms with van der Waals surface area (Å²) < 4.78 is 19.3. The molecule has 0 unspecified atom stereocenters. The molecule has 1 atom stereocenters. The van der Waals surface area contributed by atoms with Crippen molar-refractivity contribution in [1.82, 2.24) is 5.32 Å². The number of unbranched alkanes of at least 4 members (excludes halogenated alkanes) is 1. The molecule has 0 aliphatic carbocycles. The van der Waals surface area contributed by atoms with Crippen LogP contribution in [-0.4, -0.2) is 20.2 Å². The van der Waals surface area contributed by atoms with E-state index in [9.17, 15) is 4.39 Å². The van der Waals surface area contributed by atoms with Crippen LogP contribution in [0.4, 0.5) is 4.39 Å². The van der Waals surface area contributed by atoms with E-state index in [1.54, 1.807) is 12.1 Å². The van der Waals surface area contributed by atoms with E-state index < -0.39 is 0 Å². The van der Waals surface area contributed by atoms with Gasteiger partial charge in [-0.1, -0.05) is 31.4 Å². The number of halogens is 2. The van der Waals surface area contributed by atoms with Crippen molar-refractivity contribution in [3.63, 3.8) is 0 Å². The molecule has 0 aromatic heterocycles. The third kappa shape index (κ3) is 6.58. The van der Waals surface area contributed by atoms with Crippen LogP contribution in [0, 0.1) is 11.7 Å². The molecule has 4 heteroatoms. The topological polar surface area (TPSA) is 21.3 Å². The van der Waals surface area contributed by atoms with Crippen molar-refractivity contribution >= 4 is 11.6 Å². The first kappa shape index (κ1) is 17.3. The Hall–Kier alpha value is -0.800. The lowest BCUT2D eigenvalue weighted by Gasteiger charge is -2.17. The zero-order valence-corrected chi connectivity index (χ0v) is 13.2. The molecular formula is C16H25ClFNO. The number of hydrogen-bond donors (Lipinski definition) is 1. The molecule has 0 aliphatic heterocycles. The van der Waals surface area contributed by atoms with Crippen LogP contribution in [-0.2, 0) is 0 Å². The fourth-order valence-corrected chi connectivity index (χ4v) is 2.33. The zero-order valence-electron chi connectivity index (χ0n) is 12.4. The molecule has 2 nitrogen and oxygen atoms in total. The summed E-state index contributed by atoms with van der Waals surface area (Å²) in [6.07, 6.45) is 5.73. The highest BCUT2D eigenvalue weighted by molar-refractivity contribution is 6.30. The van der Waals surface area contributed by atoms with Gasteiger partial charge in [0.25, 0.3) is 0 Å². The van der Waals surface area contributed by atoms with Crippen molar-refractivity contribution in [2.75, 3.05) is 20.2 Å². The number of rotatable bonds is 10. The standard InChI is InChI=1S/C16H25ClFNO/c1-3-4-6-13(7-5-10-19-2)12-20-16-9-8-14(17)11-15(16)18/h8-9,11,13,19H,3-7,10,12H2,1-2H3/t13-/m0/s1. The second-order valence-electron chi connectivity index (χ2n) is 5.14. The predicted molar refractivity (Wildman–Crippen MR) is 83.1 cm³/mol. The Bertz CT molecular complexity index is 387. The molecule has 1 aromatic rings. The summed E-state index contributed by atoms with van der Waals surface area (Å²) in [6, 6.07) is 4.54. The maximum Gasteiger partial charge on any atom is 0.166 e. The molecule has 0 saturated heterocycles. The maximum absolute atomic E-state index is 13.6. The van der Waals surface area contributed by atoms with Crippen molar-refractivity contribution in [3.8, 4) is 5.75 Å². The predicted octanol–water partition coefficient (Wildman–Crippen LogP) is 4.66. The Balaban J connectivity index is 2.46. The van der Waals surface area contributed by atoms with E-state index in [4.69, 9.17) is 16.3 Å². The molecule has 114 valence electrons. The van der Waals surface area contributed by atoms with E-state index in [0.29, 0.717) is 23.3 Å². The van der Waals surface area contributed by atoms with Crippen LogP contribution < -0.4 is 10.1 Å². The Morgan fingerprint density at radius 1 is 1.30 bits per heavy atom. The van der Waals surface area contributed by atoms with Gasteiger partial charge in [-0.05, 0) is 57.0 Å². The molecule has 0 spiro atoms. The second kappa shape index (κ2) is 10.0. The molecule has 20 heavy (non-hydrogen) atoms. The summed E-state index contributed by atoms with van der Waals surface area (Å²) in [6.45, 7) is 3.77. The third-order valence-electron chi connectivity index (χ3n) is 3.37. The summed E-state index contributed by atoms with van der Waals surface area (Å²) >= 11 is 5.73. The number of hydrogen-bond acceptors (Lipinski definition) is 2. The SMILES string of the molecule is CCCC[C@@H](CCCNC)COc1ccc(Cl)cc1F. The van der Waals surface area contributed by atoms with E-state index in [2.05, 4.69) is 12.2 Å². The van der Waals surface area contributed by atoms with E-state index in [1.807, 2.05) is 7.05 Å². The number of ether oxygens (including phenoxy) is 1. The minimum absolute atomic E-state index is 0.296. The van der Waals surface area contributed by atoms with Gasteiger partial charge in [0.15, 0.2) is 11.6 Å². The average Bonchev–Trinajstić information content (AvgIpc) is 2.43. The summed E-state index contributed by atoms with van der Waals surface area (Å²) in [5, 5.41) is 3.55. The van der Waals surface area contributed by atoms with Crippen molar-refractivity contribution in [1.29, 1.82) is 0 Å². The fraction of sp³-hybridized carbons (Fsp3) is 0.625. The van der Waals surface area contributed by atoms with Crippen LogP contribution in [0.15, 0.2) is 18.2 Å². The number of nitrogens with one attached hydrogen (secondary N) is 1. The van der Waals surface area contributed by atoms with Gasteiger partial charge in [0.1, 0.15) is 0 Å². The minimum Gasteiger partial charge on any atom is -0.490 e. The van der Waals surface area contributed by atoms with Crippen LogP contribution in [0.5, 0.6) is 5.75 Å². The van der Waals surface area contributed by atoms with Gasteiger partial charge in [-0.25, -0.2) is 4.39 Å². The normalized spacial score (nSPS) is 12.4. The maximum atomic E-state index is 13.6. The average molecular weight is 302 g/mol. The lowest BCUT2D eigenvalue weighted by atomic mass is 9.97. The molecule has 1 N–H and O–H groups in total. The minimum atomic E-state index is -0.387. The molecule has 0 radical (unpaired) electrons. The fourth-order valence-electron chi connectivity index (χ4n) is 2.17. The first-order chi connectivity index (χ1) is 9.67. The molecule has 0 aliphatic rings. The second-order valence-corrected chi connectivity index (χ2v) is 5.58. The van der Waals surface area contributed by atoms with E-state index in [0.717, 1.165) is 25.8 Å². The van der Waals surface area contributed by atoms with Crippen molar-refractivity contribution in [2.24, 2.45) is 5.92 Å². The van der Waals surface area contributed by atoms with Gasteiger partial charge in [0.2, 0.25) is 0 Å². The largest absolute Gasteiger partial charge is 0.490 e. The van der Waals surface area contributed by atoms with Crippen molar-refractivity contribution < 1.29 is 9.13 Å². The smallest absolute Gasteiger partial charge is 0.166 e. The highest BCUT2D eigenvalue weighted by atomic mass is 35.5. The van der Waals surface area contributed by atoms with Gasteiger partial charge < -0.3 is 10.1 Å². The molecule has 0 fully saturated rings. The van der Waals surface area contributed by atoms with E-state index >= 15 is 0 Å². The highest BCUT2D eigenvalue weighted by Gasteiger charge is 2.11. The zero-order chi connectivity index (χ0) is 14.8. The van der Waals surface area contributed by atoms with Gasteiger partial charge in [0.05, 0.1) is 6.61 Å². The quantitative estimate of drug-likeness (QED) is 0.634. The Labute approximate surface area is 126 Å². The molecular weight excluding hydrogens is 277 g/mol. The summed E-state index contributed by atoms with van der Waals surface area (Å²) in [7, 11) is 1.96. The first-order valence-electron chi connectivity index (χ1n) is 7.39. The molecule has 0 amide bonds. The molecule has 0 bridgehead atoms. The molecule has 0 heterocycles. The van der Waals surface area contributed by atoms with Gasteiger partial charge in [0, 0.05) is 5.02 Å². The summed E-state index contributed by atoms with van der Waals surface area (Å²) in [5.74, 6) is 0.393. The highest BCUT2D eigenvalue weighted by Crippen LogP contribution is 2.23. The molecule has 1 aromatic carbocycles. The van der Waals surface area contributed by atoms with E-state index in [1.165, 1.54) is 18.9 Å². The monoisotopic (exact) mass is 301 g/mol. The van der Waals surface area contributed by atoms with Crippen molar-refractivity contribution in [2.45, 2.75) is 39.0 Å². The van der Waals surface area contributed by atoms with Crippen LogP contribution in [0.2, 0.25) is 5.02 Å². The third-order valence-corrected chi connectivity index (χ3v) is 3.61. The van der Waals surface area contributed by atoms with Gasteiger partial charge >= 0.3 is 0 Å². The van der Waals surface area contributed by atoms with Gasteiger partial charge in [-0.15, -0.1) is 0 Å². The Morgan fingerprint density at radius 2 is 2.05 bits per heavy atom. The lowest BCUT2D eigenvalue weighted by molar-refractivity contribution is 0.218. The van der Waals surface area contributed by atoms with Gasteiger partial charge in [-0.3, -0.25) is 0 Å². The van der Waals surface area contributed by atoms with Crippen LogP contribution in [0.3, 0.4) is 0 Å². The summed E-state index contributed by atoms with van der Waals surface area (Å²) in [4.78, 5) is 0. The van der Waals surface area contributed by atoms with Crippen LogP contribution in [0.1, 0.15) is 39.0 Å². The summed E-state index contributed by atoms with van der Waals surface area (Å²) in [5.41, 5.74) is 0. The Kier molecular flexibility index (Phi) is 8.63. The van der Waals surface area contributed by atoms with Crippen LogP contribution >= 0.6 is 11.6 Å². The molecule has 0 saturated carbocycles. The Morgan fingerprint density at radius 3 is 2.70 bits per heavy atom. The van der Waals surface area contributed by atoms with Crippen molar-refractivity contribution in [3.05, 3.63) is 29.0 Å². The van der Waals surface area contributed by atoms with Gasteiger partial charge in [-0.2, -0.15) is 0 Å². The number of benzene rings is 1. The molecule has 1 rings (SSSR count). The van der Waals surface area contributed by atoms with E-state index in [-0.39, 0.29) is 5.82 Å². The lowest BCUT2D eigenvalue weighted by Crippen LogP contribution is -2.16. The first-order valence-corrected chi connectivity index (χ1v) is 7.77. The van der Waals surface area contributed by atoms with Crippen LogP contribution in [0.25, 0.3) is 0 Å².